The fourth-order valence-corrected chi connectivity index (χ4v) is 2.79. The first-order valence-corrected chi connectivity index (χ1v) is 8.16. The van der Waals surface area contributed by atoms with Gasteiger partial charge in [0.05, 0.1) is 23.7 Å². The van der Waals surface area contributed by atoms with Gasteiger partial charge in [0.2, 0.25) is 0 Å². The van der Waals surface area contributed by atoms with E-state index in [-0.39, 0.29) is 12.4 Å². The zero-order chi connectivity index (χ0) is 17.1. The van der Waals surface area contributed by atoms with Crippen molar-refractivity contribution < 1.29 is 14.2 Å². The number of nitrogens with one attached hydrogen (secondary N) is 1. The number of pyridine rings is 1. The van der Waals surface area contributed by atoms with Crippen LogP contribution < -0.4 is 10.1 Å². The number of ether oxygens (including phenoxy) is 1. The maximum atomic E-state index is 13.8. The van der Waals surface area contributed by atoms with Crippen LogP contribution in [0.25, 0.3) is 10.9 Å². The molecule has 124 valence electrons. The molecule has 0 radical (unpaired) electrons. The van der Waals surface area contributed by atoms with E-state index < -0.39 is 0 Å². The van der Waals surface area contributed by atoms with Gasteiger partial charge in [0.15, 0.2) is 0 Å². The average molecular weight is 391 g/mol. The van der Waals surface area contributed by atoms with Crippen LogP contribution in [-0.4, -0.2) is 17.2 Å². The molecule has 4 nitrogen and oxygen atoms in total. The molecule has 0 saturated heterocycles. The summed E-state index contributed by atoms with van der Waals surface area (Å²) in [7, 11) is 1.63. The van der Waals surface area contributed by atoms with Gasteiger partial charge in [-0.25, -0.2) is 9.37 Å². The van der Waals surface area contributed by atoms with Crippen LogP contribution in [0.3, 0.4) is 0 Å². The van der Waals surface area contributed by atoms with Gasteiger partial charge in [-0.1, -0.05) is 12.1 Å². The molecule has 3 aromatic rings. The number of hydrogen-bond donors (Lipinski definition) is 2. The Labute approximate surface area is 147 Å². The highest BCUT2D eigenvalue weighted by atomic mass is 79.9. The van der Waals surface area contributed by atoms with Crippen molar-refractivity contribution in [1.29, 1.82) is 0 Å². The van der Waals surface area contributed by atoms with Gasteiger partial charge < -0.3 is 15.2 Å². The molecular weight excluding hydrogens is 375 g/mol. The number of anilines is 1. The minimum Gasteiger partial charge on any atom is -0.497 e. The third kappa shape index (κ3) is 3.49. The summed E-state index contributed by atoms with van der Waals surface area (Å²) in [6.45, 7) is 0.417. The van der Waals surface area contributed by atoms with Gasteiger partial charge >= 0.3 is 0 Å². The molecule has 6 heteroatoms. The van der Waals surface area contributed by atoms with Crippen molar-refractivity contribution in [1.82, 2.24) is 4.98 Å². The van der Waals surface area contributed by atoms with E-state index in [0.29, 0.717) is 27.9 Å². The van der Waals surface area contributed by atoms with E-state index >= 15 is 0 Å². The van der Waals surface area contributed by atoms with Crippen molar-refractivity contribution >= 4 is 32.7 Å². The van der Waals surface area contributed by atoms with Gasteiger partial charge in [-0.2, -0.15) is 0 Å². The van der Waals surface area contributed by atoms with E-state index in [2.05, 4.69) is 26.2 Å². The Balaban J connectivity index is 1.87. The van der Waals surface area contributed by atoms with Crippen LogP contribution in [0.1, 0.15) is 11.1 Å². The molecule has 1 aromatic heterocycles. The molecule has 2 N–H and O–H groups in total. The molecule has 24 heavy (non-hydrogen) atoms. The molecule has 0 unspecified atom stereocenters. The predicted octanol–water partition coefficient (Wildman–Crippen LogP) is 4.25. The highest BCUT2D eigenvalue weighted by Crippen LogP contribution is 2.27. The van der Waals surface area contributed by atoms with Crippen molar-refractivity contribution in [2.75, 3.05) is 12.4 Å². The summed E-state index contributed by atoms with van der Waals surface area (Å²) in [4.78, 5) is 4.43. The van der Waals surface area contributed by atoms with Crippen molar-refractivity contribution in [3.63, 3.8) is 0 Å². The van der Waals surface area contributed by atoms with Gasteiger partial charge in [-0.15, -0.1) is 0 Å². The second kappa shape index (κ2) is 7.15. The van der Waals surface area contributed by atoms with Gasteiger partial charge in [-0.3, -0.25) is 0 Å². The number of nitrogens with zero attached hydrogens (tertiary/aromatic N) is 1. The number of fused-ring (bicyclic) bond motifs is 1. The molecule has 0 saturated carbocycles. The van der Waals surface area contributed by atoms with E-state index in [9.17, 15) is 9.50 Å². The maximum Gasteiger partial charge on any atom is 0.139 e. The molecule has 0 amide bonds. The molecular formula is C18H16BrFN2O2. The SMILES string of the molecule is COc1ccc(CNc2cc(CO)c3cc(Br)c(F)cc3n2)cc1. The Morgan fingerprint density at radius 2 is 1.96 bits per heavy atom. The van der Waals surface area contributed by atoms with Crippen molar-refractivity contribution in [3.05, 3.63) is 63.9 Å². The second-order valence-electron chi connectivity index (χ2n) is 5.31. The molecule has 0 spiro atoms. The van der Waals surface area contributed by atoms with Crippen LogP contribution in [0.5, 0.6) is 5.75 Å². The standard InChI is InChI=1S/C18H16BrFN2O2/c1-24-13-4-2-11(3-5-13)9-21-18-6-12(10-23)14-7-15(19)16(20)8-17(14)22-18/h2-8,23H,9-10H2,1H3,(H,21,22). The van der Waals surface area contributed by atoms with Gasteiger partial charge in [0.1, 0.15) is 17.4 Å². The Kier molecular flexibility index (Phi) is 4.97. The summed E-state index contributed by atoms with van der Waals surface area (Å²) < 4.78 is 19.2. The fraction of sp³-hybridized carbons (Fsp3) is 0.167. The summed E-state index contributed by atoms with van der Waals surface area (Å²) in [5.41, 5.74) is 2.25. The number of halogens is 2. The predicted molar refractivity (Wildman–Crippen MR) is 95.6 cm³/mol. The lowest BCUT2D eigenvalue weighted by Gasteiger charge is -2.11. The quantitative estimate of drug-likeness (QED) is 0.683. The first-order valence-electron chi connectivity index (χ1n) is 7.37. The van der Waals surface area contributed by atoms with Crippen LogP contribution >= 0.6 is 15.9 Å². The van der Waals surface area contributed by atoms with Crippen LogP contribution in [-0.2, 0) is 13.2 Å². The van der Waals surface area contributed by atoms with Crippen LogP contribution in [0.15, 0.2) is 46.9 Å². The number of aliphatic hydroxyl groups is 1. The monoisotopic (exact) mass is 390 g/mol. The topological polar surface area (TPSA) is 54.4 Å². The van der Waals surface area contributed by atoms with Crippen LogP contribution in [0.4, 0.5) is 10.2 Å². The molecule has 0 bridgehead atoms. The molecule has 3 rings (SSSR count). The molecule has 0 atom stereocenters. The number of aromatic nitrogens is 1. The largest absolute Gasteiger partial charge is 0.497 e. The molecule has 1 heterocycles. The van der Waals surface area contributed by atoms with E-state index in [0.717, 1.165) is 16.7 Å². The van der Waals surface area contributed by atoms with Crippen molar-refractivity contribution in [2.24, 2.45) is 0 Å². The second-order valence-corrected chi connectivity index (χ2v) is 6.16. The fourth-order valence-electron chi connectivity index (χ4n) is 2.45. The Hall–Kier alpha value is -2.18. The highest BCUT2D eigenvalue weighted by molar-refractivity contribution is 9.10. The summed E-state index contributed by atoms with van der Waals surface area (Å²) in [6, 6.07) is 12.4. The summed E-state index contributed by atoms with van der Waals surface area (Å²) in [5.74, 6) is 1.00. The van der Waals surface area contributed by atoms with Gasteiger partial charge in [0.25, 0.3) is 0 Å². The smallest absolute Gasteiger partial charge is 0.139 e. The minimum absolute atomic E-state index is 0.145. The van der Waals surface area contributed by atoms with Gasteiger partial charge in [-0.05, 0) is 51.3 Å². The van der Waals surface area contributed by atoms with Gasteiger partial charge in [0, 0.05) is 18.0 Å². The Morgan fingerprint density at radius 1 is 1.21 bits per heavy atom. The minimum atomic E-state index is -0.383. The van der Waals surface area contributed by atoms with Crippen LogP contribution in [0, 0.1) is 5.82 Å². The maximum absolute atomic E-state index is 13.8. The lowest BCUT2D eigenvalue weighted by Crippen LogP contribution is -2.03. The molecule has 0 aliphatic carbocycles. The molecule has 2 aromatic carbocycles. The summed E-state index contributed by atoms with van der Waals surface area (Å²) in [6.07, 6.45) is 0. The Bertz CT molecular complexity index is 869. The average Bonchev–Trinajstić information content (AvgIpc) is 2.61. The normalized spacial score (nSPS) is 10.8. The third-order valence-corrected chi connectivity index (χ3v) is 4.35. The molecule has 0 aliphatic rings. The Morgan fingerprint density at radius 3 is 2.62 bits per heavy atom. The lowest BCUT2D eigenvalue weighted by molar-refractivity contribution is 0.283. The first kappa shape index (κ1) is 16.7. The molecule has 0 aliphatic heterocycles. The summed E-state index contributed by atoms with van der Waals surface area (Å²) >= 11 is 3.16. The van der Waals surface area contributed by atoms with Crippen molar-refractivity contribution in [2.45, 2.75) is 13.2 Å². The summed E-state index contributed by atoms with van der Waals surface area (Å²) in [5, 5.41) is 13.5. The zero-order valence-electron chi connectivity index (χ0n) is 13.0. The number of benzene rings is 2. The molecule has 0 fully saturated rings. The lowest BCUT2D eigenvalue weighted by atomic mass is 10.1. The number of methoxy groups -OCH3 is 1. The van der Waals surface area contributed by atoms with E-state index in [1.165, 1.54) is 6.07 Å². The first-order chi connectivity index (χ1) is 11.6. The van der Waals surface area contributed by atoms with E-state index in [1.54, 1.807) is 19.2 Å². The zero-order valence-corrected chi connectivity index (χ0v) is 14.6. The van der Waals surface area contributed by atoms with Crippen LogP contribution in [0.2, 0.25) is 0 Å². The number of aliphatic hydroxyl groups excluding tert-OH is 1. The number of hydrogen-bond acceptors (Lipinski definition) is 4. The highest BCUT2D eigenvalue weighted by Gasteiger charge is 2.09. The van der Waals surface area contributed by atoms with Crippen molar-refractivity contribution in [3.8, 4) is 5.75 Å². The van der Waals surface area contributed by atoms with E-state index in [1.807, 2.05) is 24.3 Å². The third-order valence-electron chi connectivity index (χ3n) is 3.74. The number of rotatable bonds is 5. The van der Waals surface area contributed by atoms with E-state index in [4.69, 9.17) is 4.74 Å².